The number of aromatic hydroxyl groups is 1. The average Bonchev–Trinajstić information content (AvgIpc) is 2.72. The number of aryl methyl sites for hydroxylation is 1. The van der Waals surface area contributed by atoms with Gasteiger partial charge in [-0.2, -0.15) is 0 Å². The van der Waals surface area contributed by atoms with Crippen molar-refractivity contribution < 1.29 is 5.11 Å². The van der Waals surface area contributed by atoms with Crippen LogP contribution in [0.1, 0.15) is 109 Å². The molecule has 2 aromatic rings. The lowest BCUT2D eigenvalue weighted by Crippen LogP contribution is -2.28. The minimum absolute atomic E-state index is 0.0105. The zero-order valence-electron chi connectivity index (χ0n) is 22.9. The summed E-state index contributed by atoms with van der Waals surface area (Å²) in [5.41, 5.74) is 6.99. The molecule has 0 bridgehead atoms. The zero-order chi connectivity index (χ0) is 25.2. The topological polar surface area (TPSA) is 32.6 Å². The van der Waals surface area contributed by atoms with E-state index < -0.39 is 0 Å². The fourth-order valence-corrected chi connectivity index (χ4v) is 6.68. The normalized spacial score (nSPS) is 15.3. The van der Waals surface area contributed by atoms with Crippen LogP contribution in [0.15, 0.2) is 35.3 Å². The van der Waals surface area contributed by atoms with Gasteiger partial charge in [0.15, 0.2) is 0 Å². The molecule has 0 aliphatic rings. The lowest BCUT2D eigenvalue weighted by Gasteiger charge is -2.38. The van der Waals surface area contributed by atoms with Gasteiger partial charge in [0.05, 0.1) is 0 Å². The third kappa shape index (κ3) is 5.89. The molecule has 182 valence electrons. The molecule has 33 heavy (non-hydrogen) atoms. The molecule has 2 unspecified atom stereocenters. The highest BCUT2D eigenvalue weighted by Crippen LogP contribution is 2.54. The summed E-state index contributed by atoms with van der Waals surface area (Å²) in [5, 5.41) is 13.0. The largest absolute Gasteiger partial charge is 0.507 e. The summed E-state index contributed by atoms with van der Waals surface area (Å²) in [4.78, 5) is 4.52. The van der Waals surface area contributed by atoms with E-state index in [9.17, 15) is 5.11 Å². The summed E-state index contributed by atoms with van der Waals surface area (Å²) in [5.74, 6) is 0.495. The average molecular weight is 468 g/mol. The number of phenolic OH excluding ortho intramolecular Hbond substituents is 1. The Morgan fingerprint density at radius 3 is 2.06 bits per heavy atom. The molecule has 3 heteroatoms. The van der Waals surface area contributed by atoms with Gasteiger partial charge in [0.1, 0.15) is 5.75 Å². The second-order valence-electron chi connectivity index (χ2n) is 11.5. The van der Waals surface area contributed by atoms with Gasteiger partial charge in [-0.3, -0.25) is 4.99 Å². The number of aliphatic imine (C=N–C) groups is 1. The van der Waals surface area contributed by atoms with E-state index in [4.69, 9.17) is 0 Å². The molecular weight excluding hydrogens is 421 g/mol. The molecule has 0 aromatic heterocycles. The van der Waals surface area contributed by atoms with Crippen molar-refractivity contribution in [2.45, 2.75) is 104 Å². The first kappa shape index (κ1) is 27.6. The lowest BCUT2D eigenvalue weighted by atomic mass is 9.76. The Balaban J connectivity index is 2.90. The van der Waals surface area contributed by atoms with Crippen LogP contribution in [0, 0.1) is 6.92 Å². The van der Waals surface area contributed by atoms with Gasteiger partial charge in [-0.25, -0.2) is 0 Å². The highest BCUT2D eigenvalue weighted by Gasteiger charge is 2.37. The van der Waals surface area contributed by atoms with Gasteiger partial charge in [-0.05, 0) is 59.5 Å². The maximum absolute atomic E-state index is 11.8. The summed E-state index contributed by atoms with van der Waals surface area (Å²) in [6, 6.07) is 11.1. The van der Waals surface area contributed by atoms with Crippen LogP contribution < -0.4 is 5.30 Å². The first-order valence-electron chi connectivity index (χ1n) is 12.4. The Morgan fingerprint density at radius 1 is 0.970 bits per heavy atom. The molecule has 0 radical (unpaired) electrons. The lowest BCUT2D eigenvalue weighted by molar-refractivity contribution is 0.418. The third-order valence-corrected chi connectivity index (χ3v) is 9.21. The van der Waals surface area contributed by atoms with Crippen molar-refractivity contribution in [1.82, 2.24) is 0 Å². The molecular formula is C30H46NOP. The monoisotopic (exact) mass is 467 g/mol. The van der Waals surface area contributed by atoms with Crippen molar-refractivity contribution in [3.8, 4) is 5.75 Å². The number of hydrogen-bond donors (Lipinski definition) is 1. The van der Waals surface area contributed by atoms with Crippen LogP contribution in [-0.4, -0.2) is 17.9 Å². The van der Waals surface area contributed by atoms with Gasteiger partial charge in [-0.15, -0.1) is 0 Å². The fraction of sp³-hybridized carbons (Fsp3) is 0.567. The highest BCUT2D eigenvalue weighted by molar-refractivity contribution is 7.49. The molecule has 0 saturated carbocycles. The molecule has 0 saturated heterocycles. The van der Waals surface area contributed by atoms with Crippen molar-refractivity contribution in [3.05, 3.63) is 58.1 Å². The Labute approximate surface area is 205 Å². The highest BCUT2D eigenvalue weighted by atomic mass is 31.1. The number of hydrogen-bond acceptors (Lipinski definition) is 2. The van der Waals surface area contributed by atoms with Crippen molar-refractivity contribution in [2.75, 3.05) is 7.05 Å². The van der Waals surface area contributed by atoms with E-state index in [2.05, 4.69) is 105 Å². The summed E-state index contributed by atoms with van der Waals surface area (Å²) >= 11 is 0. The molecule has 2 rings (SSSR count). The molecule has 0 spiro atoms. The smallest absolute Gasteiger partial charge is 0.123 e. The van der Waals surface area contributed by atoms with E-state index in [0.717, 1.165) is 36.1 Å². The predicted molar refractivity (Wildman–Crippen MR) is 150 cm³/mol. The molecule has 0 aliphatic heterocycles. The maximum atomic E-state index is 11.8. The maximum Gasteiger partial charge on any atom is 0.123 e. The quantitative estimate of drug-likeness (QED) is 0.323. The summed E-state index contributed by atoms with van der Waals surface area (Å²) < 4.78 is 0. The standard InChI is InChI=1S/C30H46NOP/c1-12-17-30(13-2,33-27-20(3)15-14-16-23(27)21(4)31-11)25-19-22(28(5,6)7)18-24(26(25)32)29(8,9)10/h14-16,18-19,32-33H,12-13,17H2,1-11H3. The Hall–Kier alpha value is -1.66. The van der Waals surface area contributed by atoms with E-state index in [-0.39, 0.29) is 16.0 Å². The van der Waals surface area contributed by atoms with Gasteiger partial charge >= 0.3 is 0 Å². The molecule has 0 heterocycles. The second kappa shape index (κ2) is 10.3. The van der Waals surface area contributed by atoms with E-state index in [1.54, 1.807) is 0 Å². The minimum Gasteiger partial charge on any atom is -0.507 e. The van der Waals surface area contributed by atoms with Gasteiger partial charge in [0, 0.05) is 29.0 Å². The predicted octanol–water partition coefficient (Wildman–Crippen LogP) is 8.14. The Morgan fingerprint density at radius 2 is 1.58 bits per heavy atom. The molecule has 0 amide bonds. The molecule has 0 aliphatic carbocycles. The first-order chi connectivity index (χ1) is 15.2. The van der Waals surface area contributed by atoms with Gasteiger partial charge in [-0.1, -0.05) is 101 Å². The van der Waals surface area contributed by atoms with Crippen molar-refractivity contribution in [2.24, 2.45) is 4.99 Å². The van der Waals surface area contributed by atoms with Crippen LogP contribution in [-0.2, 0) is 16.0 Å². The Kier molecular flexibility index (Phi) is 8.61. The molecule has 1 N–H and O–H groups in total. The number of phenols is 1. The second-order valence-corrected chi connectivity index (χ2v) is 13.2. The number of nitrogens with zero attached hydrogens (tertiary/aromatic N) is 1. The van der Waals surface area contributed by atoms with Crippen LogP contribution in [0.3, 0.4) is 0 Å². The third-order valence-electron chi connectivity index (χ3n) is 6.94. The van der Waals surface area contributed by atoms with E-state index in [1.807, 2.05) is 7.05 Å². The number of benzene rings is 2. The van der Waals surface area contributed by atoms with E-state index in [1.165, 1.54) is 22.0 Å². The van der Waals surface area contributed by atoms with Crippen molar-refractivity contribution >= 4 is 19.6 Å². The van der Waals surface area contributed by atoms with Crippen LogP contribution in [0.4, 0.5) is 0 Å². The summed E-state index contributed by atoms with van der Waals surface area (Å²) in [6.45, 7) is 22.3. The van der Waals surface area contributed by atoms with Gasteiger partial charge < -0.3 is 5.11 Å². The summed E-state index contributed by atoms with van der Waals surface area (Å²) in [6.07, 6.45) is 3.11. The van der Waals surface area contributed by atoms with Crippen LogP contribution in [0.5, 0.6) is 5.75 Å². The molecule has 2 aromatic carbocycles. The molecule has 2 nitrogen and oxygen atoms in total. The molecule has 2 atom stereocenters. The van der Waals surface area contributed by atoms with Crippen LogP contribution >= 0.6 is 8.58 Å². The van der Waals surface area contributed by atoms with Crippen molar-refractivity contribution in [3.63, 3.8) is 0 Å². The fourth-order valence-electron chi connectivity index (χ4n) is 4.65. The van der Waals surface area contributed by atoms with Crippen molar-refractivity contribution in [1.29, 1.82) is 0 Å². The summed E-state index contributed by atoms with van der Waals surface area (Å²) in [7, 11) is 2.43. The van der Waals surface area contributed by atoms with Crippen LogP contribution in [0.2, 0.25) is 0 Å². The molecule has 0 fully saturated rings. The van der Waals surface area contributed by atoms with Gasteiger partial charge in [0.25, 0.3) is 0 Å². The first-order valence-corrected chi connectivity index (χ1v) is 13.4. The zero-order valence-corrected chi connectivity index (χ0v) is 23.9. The van der Waals surface area contributed by atoms with Crippen LogP contribution in [0.25, 0.3) is 0 Å². The van der Waals surface area contributed by atoms with E-state index in [0.29, 0.717) is 14.3 Å². The Bertz CT molecular complexity index is 1010. The number of rotatable bonds is 7. The van der Waals surface area contributed by atoms with Gasteiger partial charge in [0.2, 0.25) is 0 Å². The minimum atomic E-state index is -0.131. The van der Waals surface area contributed by atoms with E-state index >= 15 is 0 Å². The SMILES string of the molecule is CCCC(CC)(Pc1c(C)cccc1C(C)=NC)c1cc(C(C)(C)C)cc(C(C)(C)C)c1O.